The van der Waals surface area contributed by atoms with Crippen molar-refractivity contribution in [2.45, 2.75) is 0 Å². The van der Waals surface area contributed by atoms with Gasteiger partial charge < -0.3 is 0 Å². The molecule has 1 aliphatic rings. The van der Waals surface area contributed by atoms with Crippen LogP contribution in [0.15, 0.2) is 21.8 Å². The van der Waals surface area contributed by atoms with E-state index in [2.05, 4.69) is 29.7 Å². The van der Waals surface area contributed by atoms with Crippen LogP contribution in [0.5, 0.6) is 0 Å². The van der Waals surface area contributed by atoms with E-state index in [1.54, 1.807) is 0 Å². The maximum Gasteiger partial charge on any atom is 0.0101 e. The van der Waals surface area contributed by atoms with Gasteiger partial charge in [-0.05, 0) is 16.9 Å². The molecule has 40 valence electrons. The van der Waals surface area contributed by atoms with Gasteiger partial charge in [-0.3, -0.25) is 0 Å². The Hall–Kier alpha value is 0.530. The Morgan fingerprint density at radius 2 is 2.29 bits per heavy atom. The van der Waals surface area contributed by atoms with Crippen molar-refractivity contribution >= 4 is 34.2 Å². The van der Waals surface area contributed by atoms with Crippen molar-refractivity contribution < 1.29 is 0 Å². The first kappa shape index (κ1) is 5.66. The highest BCUT2D eigenvalue weighted by molar-refractivity contribution is 8.80. The molecular formula is C4H6S3. The largest absolute Gasteiger partial charge is 0.166 e. The van der Waals surface area contributed by atoms with Crippen molar-refractivity contribution in [1.82, 2.24) is 0 Å². The van der Waals surface area contributed by atoms with Gasteiger partial charge in [0.1, 0.15) is 0 Å². The molecule has 0 saturated carbocycles. The first-order valence-corrected chi connectivity index (χ1v) is 4.93. The zero-order valence-electron chi connectivity index (χ0n) is 3.57. The Bertz CT molecular complexity index is 125. The summed E-state index contributed by atoms with van der Waals surface area (Å²) in [6.07, 6.45) is 1.97. The van der Waals surface area contributed by atoms with E-state index in [0.717, 1.165) is 4.91 Å². The Balaban J connectivity index is 2.69. The minimum absolute atomic E-state index is 0.229. The third-order valence-corrected chi connectivity index (χ3v) is 2.89. The summed E-state index contributed by atoms with van der Waals surface area (Å²) >= 11 is 8.30. The van der Waals surface area contributed by atoms with Crippen LogP contribution in [0.3, 0.4) is 0 Å². The molecule has 7 heavy (non-hydrogen) atoms. The lowest BCUT2D eigenvalue weighted by atomic mass is 10.6. The van der Waals surface area contributed by atoms with Crippen LogP contribution in [-0.4, -0.2) is 0 Å². The number of rotatable bonds is 0. The SMILES string of the molecule is SC1=C[SH](S)C=C1. The second-order valence-electron chi connectivity index (χ2n) is 1.25. The van der Waals surface area contributed by atoms with Gasteiger partial charge in [0.05, 0.1) is 0 Å². The lowest BCUT2D eigenvalue weighted by Crippen LogP contribution is -1.45. The molecule has 0 amide bonds. The highest BCUT2D eigenvalue weighted by Gasteiger charge is 1.94. The van der Waals surface area contributed by atoms with Crippen LogP contribution in [0.25, 0.3) is 0 Å². The number of allylic oxidation sites excluding steroid dienone is 1. The molecule has 0 bridgehead atoms. The van der Waals surface area contributed by atoms with Gasteiger partial charge in [0, 0.05) is 4.91 Å². The molecule has 0 saturated heterocycles. The molecule has 1 heterocycles. The quantitative estimate of drug-likeness (QED) is 0.342. The van der Waals surface area contributed by atoms with Gasteiger partial charge in [-0.15, -0.1) is 24.3 Å². The molecular weight excluding hydrogens is 144 g/mol. The van der Waals surface area contributed by atoms with Crippen molar-refractivity contribution in [2.24, 2.45) is 0 Å². The van der Waals surface area contributed by atoms with Crippen molar-refractivity contribution in [3.63, 3.8) is 0 Å². The lowest BCUT2D eigenvalue weighted by molar-refractivity contribution is 2.07. The van der Waals surface area contributed by atoms with Crippen molar-refractivity contribution in [2.75, 3.05) is 0 Å². The van der Waals surface area contributed by atoms with E-state index in [0.29, 0.717) is 0 Å². The first-order valence-electron chi connectivity index (χ1n) is 1.85. The van der Waals surface area contributed by atoms with Gasteiger partial charge in [-0.2, -0.15) is 9.93 Å². The zero-order valence-corrected chi connectivity index (χ0v) is 6.26. The normalized spacial score (nSPS) is 33.4. The predicted octanol–water partition coefficient (Wildman–Crippen LogP) is 2.13. The average Bonchev–Trinajstić information content (AvgIpc) is 1.87. The zero-order chi connectivity index (χ0) is 5.28. The van der Waals surface area contributed by atoms with Crippen LogP contribution in [0.2, 0.25) is 0 Å². The summed E-state index contributed by atoms with van der Waals surface area (Å²) in [6, 6.07) is 0. The number of hydrogen-bond acceptors (Lipinski definition) is 2. The van der Waals surface area contributed by atoms with E-state index >= 15 is 0 Å². The van der Waals surface area contributed by atoms with Gasteiger partial charge in [-0.25, -0.2) is 0 Å². The van der Waals surface area contributed by atoms with Gasteiger partial charge in [0.25, 0.3) is 0 Å². The molecule has 0 spiro atoms. The van der Waals surface area contributed by atoms with E-state index in [4.69, 9.17) is 0 Å². The maximum atomic E-state index is 4.20. The molecule has 0 aliphatic carbocycles. The van der Waals surface area contributed by atoms with Crippen LogP contribution in [0, 0.1) is 0 Å². The minimum atomic E-state index is -0.229. The molecule has 1 aliphatic heterocycles. The number of hydrogen-bond donors (Lipinski definition) is 3. The average molecular weight is 150 g/mol. The Morgan fingerprint density at radius 1 is 1.57 bits per heavy atom. The van der Waals surface area contributed by atoms with E-state index in [9.17, 15) is 0 Å². The molecule has 0 aromatic rings. The molecule has 0 aromatic heterocycles. The van der Waals surface area contributed by atoms with Crippen LogP contribution in [0.4, 0.5) is 0 Å². The molecule has 0 radical (unpaired) electrons. The lowest BCUT2D eigenvalue weighted by Gasteiger charge is -1.91. The van der Waals surface area contributed by atoms with Crippen molar-refractivity contribution in [3.8, 4) is 0 Å². The third-order valence-electron chi connectivity index (χ3n) is 0.663. The predicted molar refractivity (Wildman–Crippen MR) is 44.2 cm³/mol. The minimum Gasteiger partial charge on any atom is -0.166 e. The van der Waals surface area contributed by atoms with E-state index in [1.165, 1.54) is 0 Å². The molecule has 0 fully saturated rings. The summed E-state index contributed by atoms with van der Waals surface area (Å²) in [5.74, 6) is 0. The van der Waals surface area contributed by atoms with E-state index in [1.807, 2.05) is 11.5 Å². The van der Waals surface area contributed by atoms with Crippen molar-refractivity contribution in [3.05, 3.63) is 21.8 Å². The van der Waals surface area contributed by atoms with Crippen LogP contribution < -0.4 is 0 Å². The molecule has 1 rings (SSSR count). The standard InChI is InChI=1S/C4H6S3/c5-4-1-2-7(6)3-4/h1-3,5-7H. The Labute approximate surface area is 56.3 Å². The topological polar surface area (TPSA) is 0 Å². The molecule has 0 N–H and O–H groups in total. The van der Waals surface area contributed by atoms with Gasteiger partial charge in [-0.1, -0.05) is 0 Å². The fourth-order valence-corrected chi connectivity index (χ4v) is 2.54. The first-order chi connectivity index (χ1) is 3.29. The molecule has 3 heteroatoms. The Kier molecular flexibility index (Phi) is 1.78. The van der Waals surface area contributed by atoms with Crippen LogP contribution >= 0.6 is 34.2 Å². The fraction of sp³-hybridized carbons (Fsp3) is 0. The monoisotopic (exact) mass is 150 g/mol. The number of thiol groups is 3. The van der Waals surface area contributed by atoms with E-state index < -0.39 is 0 Å². The molecule has 1 atom stereocenters. The highest BCUT2D eigenvalue weighted by atomic mass is 33.1. The van der Waals surface area contributed by atoms with Gasteiger partial charge in [0.2, 0.25) is 0 Å². The van der Waals surface area contributed by atoms with Gasteiger partial charge in [0.15, 0.2) is 0 Å². The van der Waals surface area contributed by atoms with E-state index in [-0.39, 0.29) is 9.93 Å². The second kappa shape index (κ2) is 2.20. The Morgan fingerprint density at radius 3 is 2.43 bits per heavy atom. The summed E-state index contributed by atoms with van der Waals surface area (Å²) < 4.78 is 0. The highest BCUT2D eigenvalue weighted by Crippen LogP contribution is 2.40. The molecule has 0 aromatic carbocycles. The molecule has 1 unspecified atom stereocenters. The third kappa shape index (κ3) is 1.48. The van der Waals surface area contributed by atoms with Crippen LogP contribution in [0.1, 0.15) is 0 Å². The summed E-state index contributed by atoms with van der Waals surface area (Å²) in [5.41, 5.74) is 0. The summed E-state index contributed by atoms with van der Waals surface area (Å²) in [6.45, 7) is 0. The van der Waals surface area contributed by atoms with Gasteiger partial charge >= 0.3 is 0 Å². The summed E-state index contributed by atoms with van der Waals surface area (Å²) in [5, 5.41) is 4.10. The van der Waals surface area contributed by atoms with Crippen LogP contribution in [-0.2, 0) is 0 Å². The van der Waals surface area contributed by atoms with Crippen molar-refractivity contribution in [1.29, 1.82) is 0 Å². The summed E-state index contributed by atoms with van der Waals surface area (Å²) in [4.78, 5) is 1.04. The second-order valence-corrected chi connectivity index (χ2v) is 4.47. The molecule has 0 nitrogen and oxygen atoms in total. The maximum absolute atomic E-state index is 4.20. The fourth-order valence-electron chi connectivity index (χ4n) is 0.374. The summed E-state index contributed by atoms with van der Waals surface area (Å²) in [7, 11) is -0.229. The smallest absolute Gasteiger partial charge is 0.0101 e.